The first kappa shape index (κ1) is 28.1. The predicted octanol–water partition coefficient (Wildman–Crippen LogP) is 3.86. The van der Waals surface area contributed by atoms with Crippen molar-refractivity contribution < 1.29 is 22.7 Å². The van der Waals surface area contributed by atoms with Gasteiger partial charge in [-0.3, -0.25) is 14.0 Å². The summed E-state index contributed by atoms with van der Waals surface area (Å²) >= 11 is 0. The zero-order chi connectivity index (χ0) is 28.0. The first-order chi connectivity index (χ1) is 19.4. The van der Waals surface area contributed by atoms with E-state index < -0.39 is 16.1 Å². The van der Waals surface area contributed by atoms with Crippen molar-refractivity contribution in [3.05, 3.63) is 90.0 Å². The first-order valence-corrected chi connectivity index (χ1v) is 15.2. The van der Waals surface area contributed by atoms with E-state index in [9.17, 15) is 13.2 Å². The number of piperidine rings is 1. The Morgan fingerprint density at radius 2 is 1.75 bits per heavy atom. The molecule has 1 fully saturated rings. The van der Waals surface area contributed by atoms with Crippen LogP contribution in [0, 0.1) is 5.92 Å². The lowest BCUT2D eigenvalue weighted by Crippen LogP contribution is -2.43. The first-order valence-electron chi connectivity index (χ1n) is 13.8. The van der Waals surface area contributed by atoms with Crippen LogP contribution in [0.3, 0.4) is 0 Å². The number of para-hydroxylation sites is 1. The van der Waals surface area contributed by atoms with E-state index in [-0.39, 0.29) is 24.0 Å². The van der Waals surface area contributed by atoms with Crippen LogP contribution < -0.4 is 14.4 Å². The van der Waals surface area contributed by atoms with Gasteiger partial charge in [0.25, 0.3) is 10.0 Å². The van der Waals surface area contributed by atoms with Gasteiger partial charge in [0.1, 0.15) is 12.4 Å². The van der Waals surface area contributed by atoms with Gasteiger partial charge in [-0.2, -0.15) is 0 Å². The van der Waals surface area contributed by atoms with Crippen LogP contribution in [0.4, 0.5) is 5.69 Å². The van der Waals surface area contributed by atoms with Crippen LogP contribution in [-0.4, -0.2) is 65.2 Å². The lowest BCUT2D eigenvalue weighted by Gasteiger charge is -2.32. The third kappa shape index (κ3) is 6.66. The van der Waals surface area contributed by atoms with E-state index in [4.69, 9.17) is 9.47 Å². The second-order valence-corrected chi connectivity index (χ2v) is 12.3. The van der Waals surface area contributed by atoms with E-state index in [1.807, 2.05) is 30.3 Å². The molecule has 2 unspecified atom stereocenters. The Morgan fingerprint density at radius 1 is 1.00 bits per heavy atom. The zero-order valence-corrected chi connectivity index (χ0v) is 23.7. The molecular weight excluding hydrogens is 526 g/mol. The average molecular weight is 564 g/mol. The molecule has 2 aliphatic heterocycles. The third-order valence-electron chi connectivity index (χ3n) is 7.62. The minimum Gasteiger partial charge on any atom is -0.497 e. The molecule has 3 aromatic rings. The molecule has 1 N–H and O–H groups in total. The number of rotatable bonds is 11. The highest BCUT2D eigenvalue weighted by atomic mass is 32.2. The van der Waals surface area contributed by atoms with E-state index >= 15 is 0 Å². The van der Waals surface area contributed by atoms with Crippen LogP contribution in [0.15, 0.2) is 83.8 Å². The molecule has 212 valence electrons. The molecule has 3 aromatic carbocycles. The number of anilines is 1. The molecule has 40 heavy (non-hydrogen) atoms. The number of hydrogen-bond acceptors (Lipinski definition) is 6. The minimum absolute atomic E-state index is 0.107. The standard InChI is InChI=1S/C31H37N3O5S/c1-38-28-13-15-29(16-14-28)40(36,37)34-27(18-26-11-5-6-12-30(26)34)22-39-23-31(35)32-19-25-10-7-17-33(21-25)20-24-8-3-2-4-9-24/h2-6,8-9,11-16,25,27H,7,10,17-23H2,1H3,(H,32,35). The number of hydrogen-bond donors (Lipinski definition) is 1. The van der Waals surface area contributed by atoms with Gasteiger partial charge in [-0.1, -0.05) is 48.5 Å². The molecule has 8 nitrogen and oxygen atoms in total. The maximum atomic E-state index is 13.7. The Hall–Kier alpha value is -3.40. The summed E-state index contributed by atoms with van der Waals surface area (Å²) in [6, 6.07) is 23.9. The zero-order valence-electron chi connectivity index (χ0n) is 22.9. The highest BCUT2D eigenvalue weighted by Gasteiger charge is 2.38. The maximum Gasteiger partial charge on any atom is 0.264 e. The van der Waals surface area contributed by atoms with Crippen molar-refractivity contribution in [1.29, 1.82) is 0 Å². The van der Waals surface area contributed by atoms with Crippen molar-refractivity contribution >= 4 is 21.6 Å². The SMILES string of the molecule is COc1ccc(S(=O)(=O)N2c3ccccc3CC2COCC(=O)NCC2CCCN(Cc3ccccc3)C2)cc1. The number of ether oxygens (including phenoxy) is 2. The predicted molar refractivity (Wildman–Crippen MR) is 155 cm³/mol. The van der Waals surface area contributed by atoms with E-state index in [0.29, 0.717) is 30.3 Å². The van der Waals surface area contributed by atoms with E-state index in [0.717, 1.165) is 38.0 Å². The van der Waals surface area contributed by atoms with Crippen molar-refractivity contribution in [3.63, 3.8) is 0 Å². The molecule has 0 bridgehead atoms. The Morgan fingerprint density at radius 3 is 2.52 bits per heavy atom. The third-order valence-corrected chi connectivity index (χ3v) is 9.50. The summed E-state index contributed by atoms with van der Waals surface area (Å²) in [5.41, 5.74) is 2.89. The molecule has 0 radical (unpaired) electrons. The summed E-state index contributed by atoms with van der Waals surface area (Å²) in [4.78, 5) is 15.2. The van der Waals surface area contributed by atoms with Crippen molar-refractivity contribution in [2.45, 2.75) is 36.7 Å². The number of likely N-dealkylation sites (tertiary alicyclic amines) is 1. The minimum atomic E-state index is -3.84. The number of nitrogens with one attached hydrogen (secondary N) is 1. The molecule has 0 saturated carbocycles. The number of fused-ring (bicyclic) bond motifs is 1. The number of benzene rings is 3. The number of nitrogens with zero attached hydrogens (tertiary/aromatic N) is 2. The fourth-order valence-electron chi connectivity index (χ4n) is 5.65. The molecule has 1 saturated heterocycles. The fraction of sp³-hybridized carbons (Fsp3) is 0.387. The largest absolute Gasteiger partial charge is 0.497 e. The van der Waals surface area contributed by atoms with E-state index in [1.165, 1.54) is 9.87 Å². The Kier molecular flexibility index (Phi) is 9.04. The summed E-state index contributed by atoms with van der Waals surface area (Å²) in [7, 11) is -2.30. The van der Waals surface area contributed by atoms with Gasteiger partial charge >= 0.3 is 0 Å². The molecule has 9 heteroatoms. The fourth-order valence-corrected chi connectivity index (χ4v) is 7.32. The van der Waals surface area contributed by atoms with Gasteiger partial charge in [-0.05, 0) is 73.2 Å². The van der Waals surface area contributed by atoms with Gasteiger partial charge in [0, 0.05) is 19.6 Å². The number of carbonyl (C=O) groups is 1. The lowest BCUT2D eigenvalue weighted by molar-refractivity contribution is -0.126. The van der Waals surface area contributed by atoms with Crippen LogP contribution in [-0.2, 0) is 32.5 Å². The van der Waals surface area contributed by atoms with Crippen LogP contribution in [0.1, 0.15) is 24.0 Å². The highest BCUT2D eigenvalue weighted by Crippen LogP contribution is 2.37. The van der Waals surface area contributed by atoms with Crippen molar-refractivity contribution in [1.82, 2.24) is 10.2 Å². The quantitative estimate of drug-likeness (QED) is 0.381. The van der Waals surface area contributed by atoms with Crippen molar-refractivity contribution in [2.75, 3.05) is 44.3 Å². The number of carbonyl (C=O) groups excluding carboxylic acids is 1. The molecule has 0 aromatic heterocycles. The van der Waals surface area contributed by atoms with Gasteiger partial charge in [-0.25, -0.2) is 8.42 Å². The average Bonchev–Trinajstić information content (AvgIpc) is 3.36. The van der Waals surface area contributed by atoms with Crippen LogP contribution in [0.2, 0.25) is 0 Å². The monoisotopic (exact) mass is 563 g/mol. The van der Waals surface area contributed by atoms with Gasteiger partial charge in [-0.15, -0.1) is 0 Å². The van der Waals surface area contributed by atoms with E-state index in [2.05, 4.69) is 34.5 Å². The molecule has 0 aliphatic carbocycles. The van der Waals surface area contributed by atoms with Gasteiger partial charge in [0.05, 0.1) is 30.3 Å². The van der Waals surface area contributed by atoms with Crippen LogP contribution >= 0.6 is 0 Å². The van der Waals surface area contributed by atoms with Gasteiger partial charge in [0.2, 0.25) is 5.91 Å². The molecule has 2 heterocycles. The van der Waals surface area contributed by atoms with Gasteiger partial charge < -0.3 is 14.8 Å². The summed E-state index contributed by atoms with van der Waals surface area (Å²) in [6.07, 6.45) is 2.72. The maximum absolute atomic E-state index is 13.7. The number of amides is 1. The summed E-state index contributed by atoms with van der Waals surface area (Å²) in [5, 5.41) is 3.02. The smallest absolute Gasteiger partial charge is 0.264 e. The van der Waals surface area contributed by atoms with Crippen molar-refractivity contribution in [3.8, 4) is 5.75 Å². The molecule has 2 atom stereocenters. The normalized spacial score (nSPS) is 19.3. The van der Waals surface area contributed by atoms with Crippen molar-refractivity contribution in [2.24, 2.45) is 5.92 Å². The summed E-state index contributed by atoms with van der Waals surface area (Å²) in [5.74, 6) is 0.805. The molecule has 1 amide bonds. The summed E-state index contributed by atoms with van der Waals surface area (Å²) < 4.78 is 39.8. The Bertz CT molecular complexity index is 1380. The summed E-state index contributed by atoms with van der Waals surface area (Å²) in [6.45, 7) is 3.57. The number of methoxy groups -OCH3 is 1. The highest BCUT2D eigenvalue weighted by molar-refractivity contribution is 7.92. The number of sulfonamides is 1. The van der Waals surface area contributed by atoms with E-state index in [1.54, 1.807) is 31.4 Å². The van der Waals surface area contributed by atoms with Crippen LogP contribution in [0.25, 0.3) is 0 Å². The van der Waals surface area contributed by atoms with Gasteiger partial charge in [0.15, 0.2) is 0 Å². The van der Waals surface area contributed by atoms with Crippen LogP contribution in [0.5, 0.6) is 5.75 Å². The topological polar surface area (TPSA) is 88.2 Å². The lowest BCUT2D eigenvalue weighted by atomic mass is 9.97. The Labute approximate surface area is 236 Å². The second-order valence-electron chi connectivity index (χ2n) is 10.5. The molecular formula is C31H37N3O5S. The molecule has 2 aliphatic rings. The molecule has 0 spiro atoms. The second kappa shape index (κ2) is 12.8. The molecule has 5 rings (SSSR count). The Balaban J connectivity index is 1.14.